The molecule has 4 aromatic rings. The third-order valence-electron chi connectivity index (χ3n) is 4.45. The van der Waals surface area contributed by atoms with Crippen LogP contribution in [0.1, 0.15) is 21.8 Å². The molecule has 10 heteroatoms. The van der Waals surface area contributed by atoms with E-state index in [1.54, 1.807) is 48.5 Å². The lowest BCUT2D eigenvalue weighted by atomic mass is 10.1. The van der Waals surface area contributed by atoms with Gasteiger partial charge in [0.15, 0.2) is 6.61 Å². The van der Waals surface area contributed by atoms with E-state index in [4.69, 9.17) is 18.7 Å². The zero-order valence-electron chi connectivity index (χ0n) is 16.9. The van der Waals surface area contributed by atoms with Crippen molar-refractivity contribution in [3.63, 3.8) is 0 Å². The molecule has 0 aliphatic rings. The van der Waals surface area contributed by atoms with Crippen molar-refractivity contribution in [3.8, 4) is 22.9 Å². The van der Waals surface area contributed by atoms with Gasteiger partial charge >= 0.3 is 5.97 Å². The summed E-state index contributed by atoms with van der Waals surface area (Å²) in [4.78, 5) is 20.5. The van der Waals surface area contributed by atoms with E-state index in [1.165, 1.54) is 13.4 Å². The molecule has 0 bridgehead atoms. The molecule has 0 spiro atoms. The Kier molecular flexibility index (Phi) is 5.88. The number of carbonyl (C=O) groups is 1. The van der Waals surface area contributed by atoms with Crippen LogP contribution >= 0.6 is 0 Å². The number of hydrogen-bond donors (Lipinski definition) is 0. The molecular weight excluding hydrogens is 402 g/mol. The topological polar surface area (TPSA) is 114 Å². The molecule has 2 heterocycles. The highest BCUT2D eigenvalue weighted by Gasteiger charge is 2.16. The van der Waals surface area contributed by atoms with E-state index in [2.05, 4.69) is 20.2 Å². The van der Waals surface area contributed by atoms with Gasteiger partial charge in [0.1, 0.15) is 24.2 Å². The molecule has 0 aliphatic heterocycles. The molecule has 0 saturated heterocycles. The molecule has 0 amide bonds. The third-order valence-corrected chi connectivity index (χ3v) is 4.45. The van der Waals surface area contributed by atoms with Gasteiger partial charge in [0.05, 0.1) is 31.9 Å². The van der Waals surface area contributed by atoms with E-state index in [1.807, 2.05) is 12.1 Å². The van der Waals surface area contributed by atoms with Crippen molar-refractivity contribution in [1.82, 2.24) is 24.9 Å². The summed E-state index contributed by atoms with van der Waals surface area (Å²) >= 11 is 0. The van der Waals surface area contributed by atoms with Crippen LogP contribution in [0, 0.1) is 0 Å². The van der Waals surface area contributed by atoms with Crippen molar-refractivity contribution in [1.29, 1.82) is 0 Å². The summed E-state index contributed by atoms with van der Waals surface area (Å²) in [5.74, 6) is 1.18. The minimum Gasteiger partial charge on any atom is -0.497 e. The molecule has 4 rings (SSSR count). The highest BCUT2D eigenvalue weighted by Crippen LogP contribution is 2.31. The van der Waals surface area contributed by atoms with Gasteiger partial charge in [-0.2, -0.15) is 10.1 Å². The molecule has 0 saturated carbocycles. The van der Waals surface area contributed by atoms with Crippen LogP contribution in [0.15, 0.2) is 59.6 Å². The number of benzene rings is 2. The monoisotopic (exact) mass is 421 g/mol. The van der Waals surface area contributed by atoms with Gasteiger partial charge in [-0.3, -0.25) is 0 Å². The average molecular weight is 421 g/mol. The number of hydrogen-bond acceptors (Lipinski definition) is 9. The summed E-state index contributed by atoms with van der Waals surface area (Å²) in [6.45, 7) is 0.417. The van der Waals surface area contributed by atoms with Crippen LogP contribution in [-0.2, 0) is 17.9 Å². The standard InChI is InChI=1S/C21H19N5O5/c1-28-16-7-8-17(18(9-16)29-2)20-24-19(31-25-20)11-30-21(27)15-5-3-14(4-6-15)10-26-13-22-12-23-26/h3-9,12-13H,10-11H2,1-2H3. The lowest BCUT2D eigenvalue weighted by molar-refractivity contribution is 0.0430. The summed E-state index contributed by atoms with van der Waals surface area (Å²) in [7, 11) is 3.11. The molecular formula is C21H19N5O5. The second-order valence-corrected chi connectivity index (χ2v) is 6.44. The molecule has 2 aromatic heterocycles. The molecule has 10 nitrogen and oxygen atoms in total. The molecule has 0 fully saturated rings. The second-order valence-electron chi connectivity index (χ2n) is 6.44. The smallest absolute Gasteiger partial charge is 0.338 e. The SMILES string of the molecule is COc1ccc(-c2noc(COC(=O)c3ccc(Cn4cncn4)cc3)n2)c(OC)c1. The minimum atomic E-state index is -0.492. The van der Waals surface area contributed by atoms with Crippen LogP contribution in [0.4, 0.5) is 0 Å². The number of rotatable bonds is 8. The molecule has 158 valence electrons. The first kappa shape index (κ1) is 20.1. The lowest BCUT2D eigenvalue weighted by Gasteiger charge is -2.07. The first-order valence-electron chi connectivity index (χ1n) is 9.29. The van der Waals surface area contributed by atoms with Gasteiger partial charge in [-0.25, -0.2) is 14.5 Å². The largest absolute Gasteiger partial charge is 0.497 e. The summed E-state index contributed by atoms with van der Waals surface area (Å²) < 4.78 is 22.7. The number of ether oxygens (including phenoxy) is 3. The number of esters is 1. The fourth-order valence-corrected chi connectivity index (χ4v) is 2.86. The first-order valence-corrected chi connectivity index (χ1v) is 9.29. The first-order chi connectivity index (χ1) is 15.2. The molecule has 0 radical (unpaired) electrons. The maximum atomic E-state index is 12.3. The van der Waals surface area contributed by atoms with Crippen LogP contribution in [0.2, 0.25) is 0 Å². The third kappa shape index (κ3) is 4.69. The summed E-state index contributed by atoms with van der Waals surface area (Å²) in [6.07, 6.45) is 3.10. The lowest BCUT2D eigenvalue weighted by Crippen LogP contribution is -2.06. The van der Waals surface area contributed by atoms with E-state index >= 15 is 0 Å². The predicted molar refractivity (Wildman–Crippen MR) is 108 cm³/mol. The zero-order valence-corrected chi connectivity index (χ0v) is 16.9. The summed E-state index contributed by atoms with van der Waals surface area (Å²) in [5.41, 5.74) is 2.03. The highest BCUT2D eigenvalue weighted by atomic mass is 16.6. The van der Waals surface area contributed by atoms with Crippen molar-refractivity contribution in [2.75, 3.05) is 14.2 Å². The molecule has 2 aromatic carbocycles. The van der Waals surface area contributed by atoms with E-state index in [-0.39, 0.29) is 12.5 Å². The van der Waals surface area contributed by atoms with Crippen LogP contribution in [0.5, 0.6) is 11.5 Å². The van der Waals surface area contributed by atoms with Gasteiger partial charge in [0.2, 0.25) is 5.82 Å². The fraction of sp³-hybridized carbons (Fsp3) is 0.190. The normalized spacial score (nSPS) is 10.6. The van der Waals surface area contributed by atoms with Gasteiger partial charge in [0.25, 0.3) is 5.89 Å². The number of carbonyl (C=O) groups excluding carboxylic acids is 1. The number of nitrogens with zero attached hydrogens (tertiary/aromatic N) is 5. The van der Waals surface area contributed by atoms with Crippen LogP contribution in [-0.4, -0.2) is 45.1 Å². The summed E-state index contributed by atoms with van der Waals surface area (Å²) in [6, 6.07) is 12.3. The van der Waals surface area contributed by atoms with Gasteiger partial charge in [-0.1, -0.05) is 17.3 Å². The average Bonchev–Trinajstić information content (AvgIpc) is 3.49. The molecule has 0 unspecified atom stereocenters. The maximum Gasteiger partial charge on any atom is 0.338 e. The Hall–Kier alpha value is -4.21. The van der Waals surface area contributed by atoms with Crippen molar-refractivity contribution in [2.45, 2.75) is 13.2 Å². The number of aromatic nitrogens is 5. The molecule has 31 heavy (non-hydrogen) atoms. The fourth-order valence-electron chi connectivity index (χ4n) is 2.86. The maximum absolute atomic E-state index is 12.3. The Morgan fingerprint density at radius 1 is 1.10 bits per heavy atom. The molecule has 0 atom stereocenters. The highest BCUT2D eigenvalue weighted by molar-refractivity contribution is 5.89. The summed E-state index contributed by atoms with van der Waals surface area (Å²) in [5, 5.41) is 7.99. The number of methoxy groups -OCH3 is 2. The Morgan fingerprint density at radius 2 is 1.94 bits per heavy atom. The van der Waals surface area contributed by atoms with E-state index in [0.29, 0.717) is 35.0 Å². The van der Waals surface area contributed by atoms with Crippen LogP contribution < -0.4 is 9.47 Å². The molecule has 0 aliphatic carbocycles. The van der Waals surface area contributed by atoms with Gasteiger partial charge in [0, 0.05) is 6.07 Å². The second kappa shape index (κ2) is 9.08. The van der Waals surface area contributed by atoms with E-state index in [9.17, 15) is 4.79 Å². The van der Waals surface area contributed by atoms with Crippen molar-refractivity contribution < 1.29 is 23.5 Å². The van der Waals surface area contributed by atoms with Gasteiger partial charge < -0.3 is 18.7 Å². The quantitative estimate of drug-likeness (QED) is 0.396. The predicted octanol–water partition coefficient (Wildman–Crippen LogP) is 2.75. The van der Waals surface area contributed by atoms with Crippen molar-refractivity contribution >= 4 is 5.97 Å². The van der Waals surface area contributed by atoms with Crippen molar-refractivity contribution in [3.05, 3.63) is 72.1 Å². The van der Waals surface area contributed by atoms with E-state index < -0.39 is 5.97 Å². The van der Waals surface area contributed by atoms with Gasteiger partial charge in [-0.15, -0.1) is 0 Å². The van der Waals surface area contributed by atoms with Crippen LogP contribution in [0.25, 0.3) is 11.4 Å². The van der Waals surface area contributed by atoms with Gasteiger partial charge in [-0.05, 0) is 29.8 Å². The Bertz CT molecular complexity index is 1160. The zero-order chi connectivity index (χ0) is 21.6. The van der Waals surface area contributed by atoms with E-state index in [0.717, 1.165) is 5.56 Å². The molecule has 0 N–H and O–H groups in total. The minimum absolute atomic E-state index is 0.148. The Labute approximate surface area is 177 Å². The Morgan fingerprint density at radius 3 is 2.65 bits per heavy atom. The van der Waals surface area contributed by atoms with Crippen molar-refractivity contribution in [2.24, 2.45) is 0 Å². The van der Waals surface area contributed by atoms with Crippen LogP contribution in [0.3, 0.4) is 0 Å². The Balaban J connectivity index is 1.38.